The zero-order valence-electron chi connectivity index (χ0n) is 18.8. The molecule has 1 atom stereocenters. The summed E-state index contributed by atoms with van der Waals surface area (Å²) in [5.74, 6) is -0.962. The summed E-state index contributed by atoms with van der Waals surface area (Å²) >= 11 is 0. The van der Waals surface area contributed by atoms with Gasteiger partial charge < -0.3 is 9.64 Å². The molecule has 0 N–H and O–H groups in total. The van der Waals surface area contributed by atoms with Crippen molar-refractivity contribution in [2.75, 3.05) is 11.4 Å². The highest BCUT2D eigenvalue weighted by Gasteiger charge is 2.28. The lowest BCUT2D eigenvalue weighted by Crippen LogP contribution is -2.47. The highest BCUT2D eigenvalue weighted by Crippen LogP contribution is 2.22. The number of para-hydroxylation sites is 1. The van der Waals surface area contributed by atoms with Crippen LogP contribution in [0.2, 0.25) is 0 Å². The summed E-state index contributed by atoms with van der Waals surface area (Å²) in [7, 11) is -2.31. The van der Waals surface area contributed by atoms with Gasteiger partial charge in [0.15, 0.2) is 6.10 Å². The van der Waals surface area contributed by atoms with Crippen LogP contribution in [0.15, 0.2) is 59.5 Å². The second-order valence-electron chi connectivity index (χ2n) is 7.81. The van der Waals surface area contributed by atoms with Crippen molar-refractivity contribution in [2.24, 2.45) is 0 Å². The number of esters is 1. The summed E-state index contributed by atoms with van der Waals surface area (Å²) in [5, 5.41) is 0. The molecule has 0 saturated heterocycles. The molecule has 0 radical (unpaired) electrons. The van der Waals surface area contributed by atoms with E-state index < -0.39 is 22.1 Å². The predicted molar refractivity (Wildman–Crippen MR) is 120 cm³/mol. The first-order valence-electron chi connectivity index (χ1n) is 10.1. The van der Waals surface area contributed by atoms with Crippen LogP contribution >= 0.6 is 0 Å². The van der Waals surface area contributed by atoms with Crippen LogP contribution in [-0.2, 0) is 19.6 Å². The Labute approximate surface area is 184 Å². The Kier molecular flexibility index (Phi) is 7.84. The topological polar surface area (TPSA) is 84.0 Å². The van der Waals surface area contributed by atoms with Crippen molar-refractivity contribution >= 4 is 27.6 Å². The summed E-state index contributed by atoms with van der Waals surface area (Å²) in [6.45, 7) is 9.14. The number of nitrogens with zero attached hydrogens (tertiary/aromatic N) is 2. The second-order valence-corrected chi connectivity index (χ2v) is 9.78. The van der Waals surface area contributed by atoms with Gasteiger partial charge in [0, 0.05) is 19.1 Å². The zero-order valence-corrected chi connectivity index (χ0v) is 19.6. The first kappa shape index (κ1) is 24.4. The van der Waals surface area contributed by atoms with E-state index in [0.717, 1.165) is 0 Å². The molecule has 2 aromatic carbocycles. The molecule has 0 fully saturated rings. The number of amides is 1. The van der Waals surface area contributed by atoms with Gasteiger partial charge in [-0.3, -0.25) is 9.10 Å². The Bertz CT molecular complexity index is 994. The maximum absolute atomic E-state index is 12.8. The lowest BCUT2D eigenvalue weighted by Gasteiger charge is -2.32. The first-order valence-corrected chi connectivity index (χ1v) is 11.6. The molecule has 1 amide bonds. The lowest BCUT2D eigenvalue weighted by molar-refractivity contribution is -0.143. The quantitative estimate of drug-likeness (QED) is 0.577. The summed E-state index contributed by atoms with van der Waals surface area (Å²) < 4.78 is 32.2. The molecule has 0 heterocycles. The van der Waals surface area contributed by atoms with E-state index in [2.05, 4.69) is 0 Å². The van der Waals surface area contributed by atoms with Gasteiger partial charge in [0.25, 0.3) is 15.9 Å². The van der Waals surface area contributed by atoms with E-state index in [-0.39, 0.29) is 28.4 Å². The van der Waals surface area contributed by atoms with Gasteiger partial charge in [0.05, 0.1) is 16.1 Å². The fraction of sp³-hybridized carbons (Fsp3) is 0.391. The maximum Gasteiger partial charge on any atom is 0.338 e. The number of carbonyl (C=O) groups excluding carboxylic acids is 2. The zero-order chi connectivity index (χ0) is 23.3. The summed E-state index contributed by atoms with van der Waals surface area (Å²) in [4.78, 5) is 26.8. The van der Waals surface area contributed by atoms with Gasteiger partial charge >= 0.3 is 5.97 Å². The molecule has 0 unspecified atom stereocenters. The van der Waals surface area contributed by atoms with Gasteiger partial charge in [-0.2, -0.15) is 0 Å². The van der Waals surface area contributed by atoms with Crippen molar-refractivity contribution in [3.8, 4) is 0 Å². The summed E-state index contributed by atoms with van der Waals surface area (Å²) in [6.07, 6.45) is -0.954. The Morgan fingerprint density at radius 2 is 1.35 bits per heavy atom. The molecule has 2 rings (SSSR count). The summed E-state index contributed by atoms with van der Waals surface area (Å²) in [6, 6.07) is 14.1. The monoisotopic (exact) mass is 446 g/mol. The van der Waals surface area contributed by atoms with Crippen LogP contribution in [-0.4, -0.2) is 50.4 Å². The van der Waals surface area contributed by atoms with E-state index in [9.17, 15) is 18.0 Å². The van der Waals surface area contributed by atoms with Gasteiger partial charge in [-0.25, -0.2) is 13.2 Å². The van der Waals surface area contributed by atoms with Crippen LogP contribution in [0.25, 0.3) is 0 Å². The third-order valence-electron chi connectivity index (χ3n) is 4.87. The third-order valence-corrected chi connectivity index (χ3v) is 6.67. The van der Waals surface area contributed by atoms with Crippen LogP contribution in [0.3, 0.4) is 0 Å². The van der Waals surface area contributed by atoms with Gasteiger partial charge in [0.1, 0.15) is 0 Å². The largest absolute Gasteiger partial charge is 0.449 e. The lowest BCUT2D eigenvalue weighted by atomic mass is 10.2. The molecule has 2 aromatic rings. The van der Waals surface area contributed by atoms with Crippen molar-refractivity contribution in [1.29, 1.82) is 0 Å². The molecule has 0 aromatic heterocycles. The number of anilines is 1. The Morgan fingerprint density at radius 1 is 0.839 bits per heavy atom. The van der Waals surface area contributed by atoms with Crippen molar-refractivity contribution in [3.63, 3.8) is 0 Å². The van der Waals surface area contributed by atoms with Crippen LogP contribution in [0.4, 0.5) is 5.69 Å². The van der Waals surface area contributed by atoms with Gasteiger partial charge in [-0.1, -0.05) is 18.2 Å². The average Bonchev–Trinajstić information content (AvgIpc) is 2.73. The van der Waals surface area contributed by atoms with E-state index in [4.69, 9.17) is 4.74 Å². The Balaban J connectivity index is 2.14. The smallest absolute Gasteiger partial charge is 0.338 e. The van der Waals surface area contributed by atoms with Crippen LogP contribution in [0, 0.1) is 0 Å². The highest BCUT2D eigenvalue weighted by molar-refractivity contribution is 7.92. The number of sulfonamides is 1. The number of ether oxygens (including phenoxy) is 1. The van der Waals surface area contributed by atoms with Crippen molar-refractivity contribution in [2.45, 2.75) is 57.7 Å². The fourth-order valence-electron chi connectivity index (χ4n) is 3.29. The van der Waals surface area contributed by atoms with Gasteiger partial charge in [-0.05, 0) is 71.0 Å². The van der Waals surface area contributed by atoms with Crippen molar-refractivity contribution < 1.29 is 22.7 Å². The van der Waals surface area contributed by atoms with E-state index >= 15 is 0 Å². The number of rotatable bonds is 8. The molecule has 7 nitrogen and oxygen atoms in total. The molecule has 0 bridgehead atoms. The molecule has 0 aliphatic rings. The number of benzene rings is 2. The molecule has 0 aliphatic heterocycles. The third kappa shape index (κ3) is 5.64. The Hall–Kier alpha value is -2.87. The van der Waals surface area contributed by atoms with Crippen LogP contribution in [0.1, 0.15) is 45.0 Å². The minimum absolute atomic E-state index is 0.0280. The van der Waals surface area contributed by atoms with Crippen LogP contribution in [0.5, 0.6) is 0 Å². The molecule has 31 heavy (non-hydrogen) atoms. The molecule has 0 spiro atoms. The normalized spacial score (nSPS) is 12.5. The molecule has 0 saturated carbocycles. The van der Waals surface area contributed by atoms with E-state index in [1.807, 2.05) is 27.7 Å². The minimum Gasteiger partial charge on any atom is -0.449 e. The van der Waals surface area contributed by atoms with Crippen molar-refractivity contribution in [3.05, 3.63) is 60.2 Å². The van der Waals surface area contributed by atoms with Crippen LogP contribution < -0.4 is 4.31 Å². The van der Waals surface area contributed by atoms with E-state index in [0.29, 0.717) is 5.69 Å². The molecule has 0 aliphatic carbocycles. The predicted octanol–water partition coefficient (Wildman–Crippen LogP) is 3.70. The fourth-order valence-corrected chi connectivity index (χ4v) is 4.49. The van der Waals surface area contributed by atoms with Gasteiger partial charge in [-0.15, -0.1) is 0 Å². The van der Waals surface area contributed by atoms with E-state index in [1.165, 1.54) is 42.5 Å². The van der Waals surface area contributed by atoms with Crippen molar-refractivity contribution in [1.82, 2.24) is 4.90 Å². The maximum atomic E-state index is 12.8. The highest BCUT2D eigenvalue weighted by atomic mass is 32.2. The summed E-state index contributed by atoms with van der Waals surface area (Å²) in [5.41, 5.74) is 0.694. The standard InChI is InChI=1S/C23H30N2O5S/c1-16(2)25(17(3)4)22(26)18(5)30-23(27)19-12-14-21(15-13-19)31(28,29)24(6)20-10-8-7-9-11-20/h7-18H,1-6H3/t18-/m0/s1. The number of carbonyl (C=O) groups is 2. The number of hydrogen-bond donors (Lipinski definition) is 0. The molecular weight excluding hydrogens is 416 g/mol. The molecule has 8 heteroatoms. The average molecular weight is 447 g/mol. The van der Waals surface area contributed by atoms with Gasteiger partial charge in [0.2, 0.25) is 0 Å². The van der Waals surface area contributed by atoms with E-state index in [1.54, 1.807) is 35.2 Å². The second kappa shape index (κ2) is 9.96. The molecule has 168 valence electrons. The SMILES string of the molecule is CC(C)N(C(=O)[C@H](C)OC(=O)c1ccc(S(=O)(=O)N(C)c2ccccc2)cc1)C(C)C. The first-order chi connectivity index (χ1) is 14.5. The minimum atomic E-state index is -3.78. The number of hydrogen-bond acceptors (Lipinski definition) is 5. The molecular formula is C23H30N2O5S. The Morgan fingerprint density at radius 3 is 1.84 bits per heavy atom.